The van der Waals surface area contributed by atoms with Crippen molar-refractivity contribution < 1.29 is 9.90 Å². The minimum atomic E-state index is -1.03. The van der Waals surface area contributed by atoms with E-state index in [1.807, 2.05) is 0 Å². The lowest BCUT2D eigenvalue weighted by molar-refractivity contribution is -0.136. The van der Waals surface area contributed by atoms with Gasteiger partial charge in [0, 0.05) is 16.1 Å². The van der Waals surface area contributed by atoms with Crippen LogP contribution in [0.4, 0.5) is 0 Å². The van der Waals surface area contributed by atoms with Crippen LogP contribution >= 0.6 is 11.6 Å². The quantitative estimate of drug-likeness (QED) is 0.837. The van der Waals surface area contributed by atoms with E-state index in [1.54, 1.807) is 24.3 Å². The number of hydrogen-bond acceptors (Lipinski definition) is 2. The number of aliphatic carboxylic acids is 1. The molecule has 0 saturated heterocycles. The molecule has 0 bridgehead atoms. The van der Waals surface area contributed by atoms with Crippen LogP contribution in [0.25, 0.3) is 10.9 Å². The molecule has 0 amide bonds. The molecule has 4 nitrogen and oxygen atoms in total. The summed E-state index contributed by atoms with van der Waals surface area (Å²) in [6.07, 6.45) is -0.284. The number of benzene rings is 1. The Balaban J connectivity index is 2.63. The first-order valence-electron chi connectivity index (χ1n) is 4.59. The third-order valence-corrected chi connectivity index (χ3v) is 2.46. The van der Waals surface area contributed by atoms with E-state index in [9.17, 15) is 9.59 Å². The molecule has 1 heterocycles. The number of hydrogen-bond donors (Lipinski definition) is 2. The summed E-state index contributed by atoms with van der Waals surface area (Å²) in [4.78, 5) is 24.7. The van der Waals surface area contributed by atoms with Crippen molar-refractivity contribution in [3.8, 4) is 0 Å². The molecule has 0 fully saturated rings. The lowest BCUT2D eigenvalue weighted by Gasteiger charge is -2.01. The summed E-state index contributed by atoms with van der Waals surface area (Å²) in [5.41, 5.74) is 0.450. The van der Waals surface area contributed by atoms with Crippen molar-refractivity contribution in [3.63, 3.8) is 0 Å². The lowest BCUT2D eigenvalue weighted by atomic mass is 10.1. The van der Waals surface area contributed by atoms with E-state index in [4.69, 9.17) is 16.7 Å². The van der Waals surface area contributed by atoms with Gasteiger partial charge in [-0.25, -0.2) is 0 Å². The SMILES string of the molecule is O=C(O)Cc1cc2ccc(Cl)cc2[nH]c1=O. The number of halogens is 1. The normalized spacial score (nSPS) is 10.6. The fourth-order valence-electron chi connectivity index (χ4n) is 1.51. The molecule has 0 aliphatic heterocycles. The molecule has 0 radical (unpaired) electrons. The van der Waals surface area contributed by atoms with Crippen LogP contribution in [0.1, 0.15) is 5.56 Å². The number of aromatic nitrogens is 1. The highest BCUT2D eigenvalue weighted by atomic mass is 35.5. The standard InChI is InChI=1S/C11H8ClNO3/c12-8-2-1-6-3-7(4-10(14)15)11(16)13-9(6)5-8/h1-3,5H,4H2,(H,13,16)(H,14,15). The number of rotatable bonds is 2. The van der Waals surface area contributed by atoms with Crippen LogP contribution < -0.4 is 5.56 Å². The van der Waals surface area contributed by atoms with Crippen LogP contribution in [0.5, 0.6) is 0 Å². The number of carboxylic acid groups (broad SMARTS) is 1. The van der Waals surface area contributed by atoms with Gasteiger partial charge in [-0.05, 0) is 23.6 Å². The highest BCUT2D eigenvalue weighted by Gasteiger charge is 2.07. The zero-order chi connectivity index (χ0) is 11.7. The minimum Gasteiger partial charge on any atom is -0.481 e. The van der Waals surface area contributed by atoms with E-state index in [0.29, 0.717) is 10.5 Å². The Morgan fingerprint density at radius 2 is 2.12 bits per heavy atom. The molecule has 5 heteroatoms. The van der Waals surface area contributed by atoms with Crippen LogP contribution in [0.2, 0.25) is 5.02 Å². The Morgan fingerprint density at radius 3 is 2.81 bits per heavy atom. The van der Waals surface area contributed by atoms with Crippen molar-refractivity contribution >= 4 is 28.5 Å². The Kier molecular flexibility index (Phi) is 2.66. The van der Waals surface area contributed by atoms with Crippen molar-refractivity contribution in [3.05, 3.63) is 45.2 Å². The fraction of sp³-hybridized carbons (Fsp3) is 0.0909. The second kappa shape index (κ2) is 3.98. The first-order chi connectivity index (χ1) is 7.56. The van der Waals surface area contributed by atoms with Crippen LogP contribution in [0.15, 0.2) is 29.1 Å². The largest absolute Gasteiger partial charge is 0.481 e. The van der Waals surface area contributed by atoms with E-state index in [0.717, 1.165) is 5.39 Å². The smallest absolute Gasteiger partial charge is 0.308 e. The lowest BCUT2D eigenvalue weighted by Crippen LogP contribution is -2.15. The van der Waals surface area contributed by atoms with Crippen molar-refractivity contribution in [1.29, 1.82) is 0 Å². The van der Waals surface area contributed by atoms with Crippen molar-refractivity contribution in [2.45, 2.75) is 6.42 Å². The van der Waals surface area contributed by atoms with E-state index >= 15 is 0 Å². The van der Waals surface area contributed by atoms with Crippen LogP contribution in [-0.4, -0.2) is 16.1 Å². The Labute approximate surface area is 95.5 Å². The van der Waals surface area contributed by atoms with Crippen molar-refractivity contribution in [2.75, 3.05) is 0 Å². The van der Waals surface area contributed by atoms with Gasteiger partial charge < -0.3 is 10.1 Å². The van der Waals surface area contributed by atoms with E-state index in [1.165, 1.54) is 0 Å². The predicted octanol–water partition coefficient (Wildman–Crippen LogP) is 1.81. The van der Waals surface area contributed by atoms with Gasteiger partial charge in [0.15, 0.2) is 0 Å². The van der Waals surface area contributed by atoms with E-state index < -0.39 is 11.5 Å². The monoisotopic (exact) mass is 237 g/mol. The van der Waals surface area contributed by atoms with Gasteiger partial charge >= 0.3 is 5.97 Å². The summed E-state index contributed by atoms with van der Waals surface area (Å²) in [6.45, 7) is 0. The molecular weight excluding hydrogens is 230 g/mol. The maximum atomic E-state index is 11.5. The number of pyridine rings is 1. The Hall–Kier alpha value is -1.81. The van der Waals surface area contributed by atoms with Crippen molar-refractivity contribution in [1.82, 2.24) is 4.98 Å². The van der Waals surface area contributed by atoms with Gasteiger partial charge in [0.05, 0.1) is 6.42 Å². The highest BCUT2D eigenvalue weighted by molar-refractivity contribution is 6.31. The number of H-pyrrole nitrogens is 1. The molecular formula is C11H8ClNO3. The third-order valence-electron chi connectivity index (χ3n) is 2.23. The maximum Gasteiger partial charge on any atom is 0.308 e. The molecule has 0 aliphatic rings. The van der Waals surface area contributed by atoms with Gasteiger partial charge in [-0.15, -0.1) is 0 Å². The molecule has 2 rings (SSSR count). The topological polar surface area (TPSA) is 70.2 Å². The third kappa shape index (κ3) is 2.06. The molecule has 0 unspecified atom stereocenters. The van der Waals surface area contributed by atoms with Gasteiger partial charge in [-0.1, -0.05) is 17.7 Å². The first kappa shape index (κ1) is 10.7. The molecule has 2 N–H and O–H groups in total. The molecule has 16 heavy (non-hydrogen) atoms. The van der Waals surface area contributed by atoms with Crippen LogP contribution in [0, 0.1) is 0 Å². The highest BCUT2D eigenvalue weighted by Crippen LogP contribution is 2.16. The molecule has 2 aromatic rings. The molecule has 0 atom stereocenters. The number of fused-ring (bicyclic) bond motifs is 1. The average Bonchev–Trinajstić information content (AvgIpc) is 2.19. The second-order valence-electron chi connectivity index (χ2n) is 3.43. The Bertz CT molecular complexity index is 618. The number of carboxylic acids is 1. The summed E-state index contributed by atoms with van der Waals surface area (Å²) in [5.74, 6) is -1.03. The summed E-state index contributed by atoms with van der Waals surface area (Å²) < 4.78 is 0. The molecule has 0 aliphatic carbocycles. The minimum absolute atomic E-state index is 0.238. The first-order valence-corrected chi connectivity index (χ1v) is 4.97. The van der Waals surface area contributed by atoms with E-state index in [-0.39, 0.29) is 12.0 Å². The zero-order valence-corrected chi connectivity index (χ0v) is 8.91. The summed E-state index contributed by atoms with van der Waals surface area (Å²) in [5, 5.41) is 9.92. The van der Waals surface area contributed by atoms with Crippen molar-refractivity contribution in [2.24, 2.45) is 0 Å². The van der Waals surface area contributed by atoms with Gasteiger partial charge in [0.1, 0.15) is 0 Å². The van der Waals surface area contributed by atoms with Gasteiger partial charge in [-0.2, -0.15) is 0 Å². The summed E-state index contributed by atoms with van der Waals surface area (Å²) in [6, 6.07) is 6.62. The number of nitrogens with one attached hydrogen (secondary N) is 1. The average molecular weight is 238 g/mol. The molecule has 1 aromatic carbocycles. The molecule has 0 spiro atoms. The second-order valence-corrected chi connectivity index (χ2v) is 3.86. The maximum absolute atomic E-state index is 11.5. The van der Waals surface area contributed by atoms with Crippen LogP contribution in [-0.2, 0) is 11.2 Å². The zero-order valence-electron chi connectivity index (χ0n) is 8.16. The fourth-order valence-corrected chi connectivity index (χ4v) is 1.68. The molecule has 82 valence electrons. The van der Waals surface area contributed by atoms with Crippen LogP contribution in [0.3, 0.4) is 0 Å². The summed E-state index contributed by atoms with van der Waals surface area (Å²) in [7, 11) is 0. The van der Waals surface area contributed by atoms with Gasteiger partial charge in [0.2, 0.25) is 0 Å². The van der Waals surface area contributed by atoms with Gasteiger partial charge in [-0.3, -0.25) is 9.59 Å². The predicted molar refractivity (Wildman–Crippen MR) is 60.9 cm³/mol. The molecule has 1 aromatic heterocycles. The number of aromatic amines is 1. The van der Waals surface area contributed by atoms with Gasteiger partial charge in [0.25, 0.3) is 5.56 Å². The molecule has 0 saturated carbocycles. The summed E-state index contributed by atoms with van der Waals surface area (Å²) >= 11 is 5.78. The van der Waals surface area contributed by atoms with E-state index in [2.05, 4.69) is 4.98 Å². The number of carbonyl (C=O) groups is 1. The Morgan fingerprint density at radius 1 is 1.38 bits per heavy atom.